The van der Waals surface area contributed by atoms with Gasteiger partial charge in [-0.25, -0.2) is 4.98 Å². The van der Waals surface area contributed by atoms with Crippen LogP contribution in [0.4, 0.5) is 0 Å². The number of aromatic nitrogens is 1. The zero-order valence-electron chi connectivity index (χ0n) is 17.0. The van der Waals surface area contributed by atoms with E-state index in [1.165, 1.54) is 0 Å². The second-order valence-corrected chi connectivity index (χ2v) is 6.77. The molecule has 0 aliphatic rings. The van der Waals surface area contributed by atoms with Crippen LogP contribution in [0.3, 0.4) is 0 Å². The van der Waals surface area contributed by atoms with Crippen molar-refractivity contribution in [2.75, 3.05) is 13.7 Å². The van der Waals surface area contributed by atoms with Gasteiger partial charge in [-0.15, -0.1) is 0 Å². The van der Waals surface area contributed by atoms with E-state index in [0.717, 1.165) is 22.4 Å². The molecule has 156 valence electrons. The molecule has 1 heterocycles. The smallest absolute Gasteiger partial charge is 0.306 e. The number of esters is 1. The monoisotopic (exact) mass is 408 g/mol. The first kappa shape index (κ1) is 21.1. The Bertz CT molecular complexity index is 978. The molecule has 0 saturated carbocycles. The lowest BCUT2D eigenvalue weighted by molar-refractivity contribution is -0.148. The number of carbonyl (C=O) groups excluding carboxylic acids is 2. The molecule has 1 amide bonds. The average Bonchev–Trinajstić information content (AvgIpc) is 3.24. The standard InChI is InChI=1S/C23H24N2O5/c1-16-3-7-18(8-4-16)20-14-25-22(30-20)11-12-23(27)29-15-21(26)24-13-17-5-9-19(28-2)10-6-17/h3-10,14H,11-13,15H2,1-2H3,(H,24,26). The molecule has 7 nitrogen and oxygen atoms in total. The fourth-order valence-corrected chi connectivity index (χ4v) is 2.70. The third-order valence-corrected chi connectivity index (χ3v) is 4.45. The Balaban J connectivity index is 1.37. The number of hydrogen-bond donors (Lipinski definition) is 1. The van der Waals surface area contributed by atoms with E-state index in [-0.39, 0.29) is 18.9 Å². The lowest BCUT2D eigenvalue weighted by Gasteiger charge is -2.07. The summed E-state index contributed by atoms with van der Waals surface area (Å²) in [6, 6.07) is 15.2. The second-order valence-electron chi connectivity index (χ2n) is 6.77. The molecule has 3 rings (SSSR count). The van der Waals surface area contributed by atoms with Gasteiger partial charge >= 0.3 is 5.97 Å². The molecule has 0 aliphatic carbocycles. The van der Waals surface area contributed by atoms with E-state index in [4.69, 9.17) is 13.9 Å². The fraction of sp³-hybridized carbons (Fsp3) is 0.261. The van der Waals surface area contributed by atoms with Crippen LogP contribution < -0.4 is 10.1 Å². The molecule has 2 aromatic carbocycles. The summed E-state index contributed by atoms with van der Waals surface area (Å²) in [6.45, 7) is 2.04. The highest BCUT2D eigenvalue weighted by molar-refractivity contribution is 5.80. The Morgan fingerprint density at radius 2 is 1.80 bits per heavy atom. The van der Waals surface area contributed by atoms with Gasteiger partial charge in [0.25, 0.3) is 5.91 Å². The van der Waals surface area contributed by atoms with E-state index < -0.39 is 5.97 Å². The number of hydrogen-bond acceptors (Lipinski definition) is 6. The maximum absolute atomic E-state index is 11.9. The van der Waals surface area contributed by atoms with Crippen LogP contribution in [-0.2, 0) is 27.3 Å². The van der Waals surface area contributed by atoms with Crippen LogP contribution in [0.5, 0.6) is 5.75 Å². The van der Waals surface area contributed by atoms with Crippen LogP contribution in [-0.4, -0.2) is 30.6 Å². The number of rotatable bonds is 9. The van der Waals surface area contributed by atoms with Gasteiger partial charge in [0.2, 0.25) is 0 Å². The number of oxazole rings is 1. The molecule has 1 aromatic heterocycles. The normalized spacial score (nSPS) is 10.5. The van der Waals surface area contributed by atoms with Crippen LogP contribution in [0.25, 0.3) is 11.3 Å². The summed E-state index contributed by atoms with van der Waals surface area (Å²) in [6.07, 6.45) is 2.02. The highest BCUT2D eigenvalue weighted by atomic mass is 16.5. The predicted molar refractivity (Wildman–Crippen MR) is 111 cm³/mol. The first-order valence-electron chi connectivity index (χ1n) is 9.60. The first-order valence-corrected chi connectivity index (χ1v) is 9.60. The lowest BCUT2D eigenvalue weighted by Crippen LogP contribution is -2.28. The number of amides is 1. The van der Waals surface area contributed by atoms with Gasteiger partial charge in [-0.2, -0.15) is 0 Å². The highest BCUT2D eigenvalue weighted by Crippen LogP contribution is 2.21. The van der Waals surface area contributed by atoms with Crippen molar-refractivity contribution >= 4 is 11.9 Å². The molecule has 0 aliphatic heterocycles. The number of methoxy groups -OCH3 is 1. The third kappa shape index (κ3) is 6.20. The van der Waals surface area contributed by atoms with Crippen molar-refractivity contribution in [3.8, 4) is 17.1 Å². The molecule has 0 unspecified atom stereocenters. The zero-order chi connectivity index (χ0) is 21.3. The van der Waals surface area contributed by atoms with Gasteiger partial charge in [0.15, 0.2) is 18.3 Å². The minimum absolute atomic E-state index is 0.0829. The minimum atomic E-state index is -0.482. The zero-order valence-corrected chi connectivity index (χ0v) is 17.0. The van der Waals surface area contributed by atoms with Gasteiger partial charge in [0.05, 0.1) is 19.7 Å². The summed E-state index contributed by atoms with van der Waals surface area (Å²) in [5, 5.41) is 2.70. The molecule has 7 heteroatoms. The van der Waals surface area contributed by atoms with E-state index in [0.29, 0.717) is 24.6 Å². The maximum atomic E-state index is 11.9. The largest absolute Gasteiger partial charge is 0.497 e. The van der Waals surface area contributed by atoms with Crippen molar-refractivity contribution in [1.82, 2.24) is 10.3 Å². The summed E-state index contributed by atoms with van der Waals surface area (Å²) in [5.41, 5.74) is 3.01. The number of carbonyl (C=O) groups is 2. The van der Waals surface area contributed by atoms with Gasteiger partial charge in [-0.3, -0.25) is 9.59 Å². The Kier molecular flexibility index (Phi) is 7.21. The van der Waals surface area contributed by atoms with Gasteiger partial charge in [-0.1, -0.05) is 42.0 Å². The summed E-state index contributed by atoms with van der Waals surface area (Å²) >= 11 is 0. The van der Waals surface area contributed by atoms with Gasteiger partial charge in [0.1, 0.15) is 5.75 Å². The topological polar surface area (TPSA) is 90.7 Å². The van der Waals surface area contributed by atoms with Gasteiger partial charge in [0, 0.05) is 18.5 Å². The van der Waals surface area contributed by atoms with Crippen molar-refractivity contribution in [2.45, 2.75) is 26.3 Å². The van der Waals surface area contributed by atoms with Crippen molar-refractivity contribution in [3.05, 3.63) is 71.7 Å². The molecule has 3 aromatic rings. The number of benzene rings is 2. The first-order chi connectivity index (χ1) is 14.5. The van der Waals surface area contributed by atoms with E-state index in [2.05, 4.69) is 10.3 Å². The van der Waals surface area contributed by atoms with Crippen LogP contribution in [0, 0.1) is 6.92 Å². The van der Waals surface area contributed by atoms with Crippen molar-refractivity contribution < 1.29 is 23.5 Å². The lowest BCUT2D eigenvalue weighted by atomic mass is 10.1. The molecule has 0 spiro atoms. The van der Waals surface area contributed by atoms with E-state index in [9.17, 15) is 9.59 Å². The van der Waals surface area contributed by atoms with E-state index in [1.54, 1.807) is 13.3 Å². The average molecular weight is 408 g/mol. The Labute approximate surface area is 175 Å². The van der Waals surface area contributed by atoms with Crippen LogP contribution >= 0.6 is 0 Å². The molecular weight excluding hydrogens is 384 g/mol. The van der Waals surface area contributed by atoms with Crippen LogP contribution in [0.2, 0.25) is 0 Å². The van der Waals surface area contributed by atoms with Crippen LogP contribution in [0.1, 0.15) is 23.4 Å². The van der Waals surface area contributed by atoms with Gasteiger partial charge < -0.3 is 19.2 Å². The van der Waals surface area contributed by atoms with E-state index in [1.807, 2.05) is 55.5 Å². The Hall–Kier alpha value is -3.61. The molecule has 0 bridgehead atoms. The van der Waals surface area contributed by atoms with Crippen molar-refractivity contribution in [3.63, 3.8) is 0 Å². The van der Waals surface area contributed by atoms with Crippen LogP contribution in [0.15, 0.2) is 59.1 Å². The van der Waals surface area contributed by atoms with Crippen molar-refractivity contribution in [2.24, 2.45) is 0 Å². The molecule has 1 N–H and O–H groups in total. The van der Waals surface area contributed by atoms with E-state index >= 15 is 0 Å². The quantitative estimate of drug-likeness (QED) is 0.546. The predicted octanol–water partition coefficient (Wildman–Crippen LogP) is 3.45. The number of nitrogens with zero attached hydrogens (tertiary/aromatic N) is 1. The maximum Gasteiger partial charge on any atom is 0.306 e. The summed E-state index contributed by atoms with van der Waals surface area (Å²) in [5.74, 6) is 1.00. The molecular formula is C23H24N2O5. The SMILES string of the molecule is COc1ccc(CNC(=O)COC(=O)CCc2ncc(-c3ccc(C)cc3)o2)cc1. The highest BCUT2D eigenvalue weighted by Gasteiger charge is 2.11. The number of ether oxygens (including phenoxy) is 2. The molecule has 0 radical (unpaired) electrons. The van der Waals surface area contributed by atoms with Crippen molar-refractivity contribution in [1.29, 1.82) is 0 Å². The Morgan fingerprint density at radius 3 is 2.50 bits per heavy atom. The molecule has 0 saturated heterocycles. The summed E-state index contributed by atoms with van der Waals surface area (Å²) < 4.78 is 15.8. The molecule has 30 heavy (non-hydrogen) atoms. The minimum Gasteiger partial charge on any atom is -0.497 e. The fourth-order valence-electron chi connectivity index (χ4n) is 2.70. The summed E-state index contributed by atoms with van der Waals surface area (Å²) in [4.78, 5) is 27.9. The number of nitrogens with one attached hydrogen (secondary N) is 1. The number of aryl methyl sites for hydroxylation is 2. The Morgan fingerprint density at radius 1 is 1.07 bits per heavy atom. The third-order valence-electron chi connectivity index (χ3n) is 4.45. The summed E-state index contributed by atoms with van der Waals surface area (Å²) in [7, 11) is 1.59. The molecule has 0 atom stereocenters. The molecule has 0 fully saturated rings. The second kappa shape index (κ2) is 10.2. The van der Waals surface area contributed by atoms with Gasteiger partial charge in [-0.05, 0) is 24.6 Å².